The van der Waals surface area contributed by atoms with Crippen molar-refractivity contribution in [2.45, 2.75) is 0 Å². The zero-order valence-corrected chi connectivity index (χ0v) is 5.39. The molecule has 5 nitrogen and oxygen atoms in total. The van der Waals surface area contributed by atoms with Crippen molar-refractivity contribution >= 4 is 26.4 Å². The number of rotatable bonds is 0. The van der Waals surface area contributed by atoms with Crippen molar-refractivity contribution in [1.82, 2.24) is 0 Å². The van der Waals surface area contributed by atoms with Crippen molar-refractivity contribution in [2.75, 3.05) is 0 Å². The maximum Gasteiger partial charge on any atom is 3.00 e. The van der Waals surface area contributed by atoms with Gasteiger partial charge in [-0.05, 0) is 0 Å². The Morgan fingerprint density at radius 3 is 1.14 bits per heavy atom. The Morgan fingerprint density at radius 1 is 1.14 bits per heavy atom. The van der Waals surface area contributed by atoms with Crippen LogP contribution in [-0.2, 0) is 0 Å². The van der Waals surface area contributed by atoms with E-state index >= 15 is 0 Å². The fraction of sp³-hybridized carbons (Fsp3) is 0. The van der Waals surface area contributed by atoms with Crippen LogP contribution in [0.5, 0.6) is 0 Å². The summed E-state index contributed by atoms with van der Waals surface area (Å²) in [5.41, 5.74) is 0. The van der Waals surface area contributed by atoms with Crippen molar-refractivity contribution < 1.29 is 24.7 Å². The van der Waals surface area contributed by atoms with Crippen LogP contribution in [0.15, 0.2) is 0 Å². The van der Waals surface area contributed by atoms with E-state index in [2.05, 4.69) is 0 Å². The van der Waals surface area contributed by atoms with Crippen LogP contribution in [0.2, 0.25) is 0 Å². The van der Waals surface area contributed by atoms with Gasteiger partial charge in [-0.1, -0.05) is 0 Å². The van der Waals surface area contributed by atoms with Gasteiger partial charge in [0.1, 0.15) is 9.05 Å². The van der Waals surface area contributed by atoms with Crippen LogP contribution in [0.1, 0.15) is 0 Å². The number of hydrogen-bond donors (Lipinski definition) is 2. The molecule has 0 atom stereocenters. The third-order valence-electron chi connectivity index (χ3n) is 0. The number of hydrogen-bond acceptors (Lipinski definition) is 5. The minimum atomic E-state index is -5.11. The molecule has 3 N–H and O–H groups in total. The van der Waals surface area contributed by atoms with Gasteiger partial charge in [0.15, 0.2) is 0 Å². The van der Waals surface area contributed by atoms with Gasteiger partial charge in [-0.15, -0.1) is 0 Å². The van der Waals surface area contributed by atoms with Crippen LogP contribution < -0.4 is 9.59 Å². The molecule has 0 aromatic rings. The molecule has 0 aliphatic rings. The molecular formula is H3AlO5Si. The zero-order valence-electron chi connectivity index (χ0n) is 3.24. The SMILES string of the molecule is [Al+3].[O-][Si]([O-])(O)O.[OH-]. The first-order valence-corrected chi connectivity index (χ1v) is 2.57. The van der Waals surface area contributed by atoms with E-state index in [4.69, 9.17) is 19.2 Å². The van der Waals surface area contributed by atoms with Crippen LogP contribution in [0.25, 0.3) is 0 Å². The van der Waals surface area contributed by atoms with Gasteiger partial charge >= 0.3 is 17.4 Å². The predicted octanol–water partition coefficient (Wildman–Crippen LogP) is -4.43. The Balaban J connectivity index is -0.0000000800. The first-order chi connectivity index (χ1) is 2.00. The summed E-state index contributed by atoms with van der Waals surface area (Å²) in [6.07, 6.45) is 0. The quantitative estimate of drug-likeness (QED) is 0.327. The van der Waals surface area contributed by atoms with E-state index in [1.54, 1.807) is 0 Å². The molecule has 0 fully saturated rings. The van der Waals surface area contributed by atoms with Gasteiger partial charge in [0, 0.05) is 0 Å². The molecule has 0 unspecified atom stereocenters. The average Bonchev–Trinajstić information content (AvgIpc) is 0.722. The summed E-state index contributed by atoms with van der Waals surface area (Å²) in [4.78, 5) is 31.8. The van der Waals surface area contributed by atoms with E-state index in [1.807, 2.05) is 0 Å². The van der Waals surface area contributed by atoms with E-state index in [0.717, 1.165) is 0 Å². The van der Waals surface area contributed by atoms with Crippen LogP contribution in [-0.4, -0.2) is 41.5 Å². The minimum Gasteiger partial charge on any atom is -0.870 e. The Morgan fingerprint density at radius 2 is 1.14 bits per heavy atom. The van der Waals surface area contributed by atoms with E-state index in [-0.39, 0.29) is 22.8 Å². The Bertz CT molecular complexity index is 23.6. The van der Waals surface area contributed by atoms with Crippen molar-refractivity contribution in [3.05, 3.63) is 0 Å². The molecule has 0 heterocycles. The van der Waals surface area contributed by atoms with Crippen LogP contribution >= 0.6 is 0 Å². The Labute approximate surface area is 51.8 Å². The van der Waals surface area contributed by atoms with Gasteiger partial charge in [0.05, 0.1) is 0 Å². The Kier molecular flexibility index (Phi) is 10.5. The van der Waals surface area contributed by atoms with Gasteiger partial charge in [0.25, 0.3) is 0 Å². The maximum absolute atomic E-state index is 8.80. The summed E-state index contributed by atoms with van der Waals surface area (Å²) >= 11 is 0. The summed E-state index contributed by atoms with van der Waals surface area (Å²) in [7, 11) is -5.11. The molecule has 7 heavy (non-hydrogen) atoms. The molecule has 0 aromatic heterocycles. The Hall–Kier alpha value is 0.549. The van der Waals surface area contributed by atoms with Gasteiger partial charge < -0.3 is 24.7 Å². The molecule has 0 aliphatic carbocycles. The molecule has 0 aliphatic heterocycles. The second kappa shape index (κ2) is 4.70. The van der Waals surface area contributed by atoms with Crippen molar-refractivity contribution in [1.29, 1.82) is 0 Å². The molecule has 0 aromatic carbocycles. The second-order valence-electron chi connectivity index (χ2n) is 0.548. The van der Waals surface area contributed by atoms with Crippen molar-refractivity contribution in [2.24, 2.45) is 0 Å². The molecule has 0 saturated carbocycles. The topological polar surface area (TPSA) is 117 Å². The maximum atomic E-state index is 8.80. The molecule has 0 radical (unpaired) electrons. The fourth-order valence-electron chi connectivity index (χ4n) is 0. The molecule has 7 heteroatoms. The first kappa shape index (κ1) is 15.6. The normalized spacial score (nSPS) is 8.57. The average molecular weight is 138 g/mol. The van der Waals surface area contributed by atoms with Crippen molar-refractivity contribution in [3.63, 3.8) is 0 Å². The van der Waals surface area contributed by atoms with Crippen LogP contribution in [0, 0.1) is 0 Å². The van der Waals surface area contributed by atoms with Gasteiger partial charge in [-0.3, -0.25) is 0 Å². The zero-order chi connectivity index (χ0) is 4.50. The van der Waals surface area contributed by atoms with Gasteiger partial charge in [-0.25, -0.2) is 0 Å². The van der Waals surface area contributed by atoms with Gasteiger partial charge in [-0.2, -0.15) is 0 Å². The van der Waals surface area contributed by atoms with E-state index in [0.29, 0.717) is 0 Å². The third-order valence-corrected chi connectivity index (χ3v) is 0. The summed E-state index contributed by atoms with van der Waals surface area (Å²) in [5.74, 6) is 0. The standard InChI is InChI=1S/Al.H2O4Si.H2O/c;1-5(2,3)4;/h;1-2H;1H2/q+3;-2;/p-1. The monoisotopic (exact) mass is 138 g/mol. The molecule has 0 spiro atoms. The fourth-order valence-corrected chi connectivity index (χ4v) is 0. The second-order valence-corrected chi connectivity index (χ2v) is 1.65. The van der Waals surface area contributed by atoms with E-state index in [9.17, 15) is 0 Å². The van der Waals surface area contributed by atoms with Crippen molar-refractivity contribution in [3.8, 4) is 0 Å². The molecule has 40 valence electrons. The summed E-state index contributed by atoms with van der Waals surface area (Å²) in [5, 5.41) is 0. The van der Waals surface area contributed by atoms with Gasteiger partial charge in [0.2, 0.25) is 0 Å². The molecule has 0 saturated heterocycles. The predicted molar refractivity (Wildman–Crippen MR) is 17.9 cm³/mol. The van der Waals surface area contributed by atoms with E-state index in [1.165, 1.54) is 0 Å². The molecule has 0 rings (SSSR count). The molecule has 0 bridgehead atoms. The third kappa shape index (κ3) is 449. The largest absolute Gasteiger partial charge is 3.00 e. The van der Waals surface area contributed by atoms with Crippen LogP contribution in [0.4, 0.5) is 0 Å². The molecule has 0 amide bonds. The minimum absolute atomic E-state index is 0. The summed E-state index contributed by atoms with van der Waals surface area (Å²) < 4.78 is 0. The molecular weight excluding hydrogens is 135 g/mol. The summed E-state index contributed by atoms with van der Waals surface area (Å²) in [6, 6.07) is 0. The smallest absolute Gasteiger partial charge is 0.870 e. The summed E-state index contributed by atoms with van der Waals surface area (Å²) in [6.45, 7) is 0. The first-order valence-electron chi connectivity index (χ1n) is 0.855. The van der Waals surface area contributed by atoms with E-state index < -0.39 is 9.05 Å². The van der Waals surface area contributed by atoms with Crippen LogP contribution in [0.3, 0.4) is 0 Å².